The summed E-state index contributed by atoms with van der Waals surface area (Å²) in [5.74, 6) is 6.30. The van der Waals surface area contributed by atoms with Gasteiger partial charge in [-0.3, -0.25) is 24.2 Å². The number of ether oxygens (including phenoxy) is 4. The summed E-state index contributed by atoms with van der Waals surface area (Å²) in [5.41, 5.74) is 4.73. The van der Waals surface area contributed by atoms with Gasteiger partial charge >= 0.3 is 5.97 Å². The predicted molar refractivity (Wildman–Crippen MR) is 250 cm³/mol. The zero-order valence-corrected chi connectivity index (χ0v) is 37.1. The van der Waals surface area contributed by atoms with E-state index in [0.717, 1.165) is 59.4 Å². The smallest absolute Gasteiger partial charge is 0.324 e. The van der Waals surface area contributed by atoms with E-state index in [9.17, 15) is 5.11 Å². The molecule has 0 bridgehead atoms. The van der Waals surface area contributed by atoms with Crippen LogP contribution in [0.25, 0.3) is 0 Å². The highest BCUT2D eigenvalue weighted by atomic mass is 16.7. The van der Waals surface area contributed by atoms with Gasteiger partial charge in [-0.15, -0.1) is 0 Å². The fraction of sp³-hybridized carbons (Fsp3) is 0.327. The highest BCUT2D eigenvalue weighted by Crippen LogP contribution is 2.65. The first kappa shape index (κ1) is 42.7. The normalized spacial score (nSPS) is 25.4. The average molecular weight is 897 g/mol. The number of nitrogens with one attached hydrogen (secondary N) is 1. The summed E-state index contributed by atoms with van der Waals surface area (Å²) >= 11 is 0. The van der Waals surface area contributed by atoms with Gasteiger partial charge in [0.25, 0.3) is 0 Å². The van der Waals surface area contributed by atoms with Gasteiger partial charge in [0.15, 0.2) is 11.5 Å². The number of rotatable bonds is 9. The van der Waals surface area contributed by atoms with Crippen LogP contribution in [0.15, 0.2) is 133 Å². The molecule has 1 aliphatic carbocycles. The first-order valence-corrected chi connectivity index (χ1v) is 23.4. The van der Waals surface area contributed by atoms with Crippen LogP contribution in [0.4, 0.5) is 5.69 Å². The van der Waals surface area contributed by atoms with Gasteiger partial charge < -0.3 is 34.3 Å². The van der Waals surface area contributed by atoms with E-state index in [0.29, 0.717) is 60.9 Å². The molecule has 0 unspecified atom stereocenters. The molecule has 3 fully saturated rings. The SMILES string of the molecule is O=C1O[C@H](c2ccccc2)[C@H](c2ccccc2)N2[C@H]1[C@@H](C(=O)N1CCN(Cc3ccc4c(c3)OCO4)CC1)[C@]1(C(=O)Nc3ccc(C#CC4=CCCCC4)cc31)[C@H]2c1cccc(OCCO)c1. The summed E-state index contributed by atoms with van der Waals surface area (Å²) in [6, 6.07) is 36.1. The number of hydrogen-bond donors (Lipinski definition) is 2. The number of piperazine rings is 1. The van der Waals surface area contributed by atoms with Crippen LogP contribution in [-0.2, 0) is 31.1 Å². The van der Waals surface area contributed by atoms with Crippen LogP contribution in [0.3, 0.4) is 0 Å². The number of nitrogens with zero attached hydrogens (tertiary/aromatic N) is 3. The predicted octanol–water partition coefficient (Wildman–Crippen LogP) is 7.25. The molecule has 0 aromatic heterocycles. The molecule has 0 radical (unpaired) electrons. The third-order valence-electron chi connectivity index (χ3n) is 14.3. The van der Waals surface area contributed by atoms with Crippen LogP contribution < -0.4 is 19.5 Å². The molecule has 11 rings (SSSR count). The number of morpholine rings is 1. The van der Waals surface area contributed by atoms with E-state index < -0.39 is 41.5 Å². The molecule has 12 nitrogen and oxygen atoms in total. The summed E-state index contributed by atoms with van der Waals surface area (Å²) in [6.45, 7) is 2.65. The van der Waals surface area contributed by atoms with E-state index >= 15 is 14.4 Å². The van der Waals surface area contributed by atoms with Crippen molar-refractivity contribution in [2.24, 2.45) is 5.92 Å². The number of fused-ring (bicyclic) bond motifs is 4. The quantitative estimate of drug-likeness (QED) is 0.115. The third kappa shape index (κ3) is 7.71. The van der Waals surface area contributed by atoms with E-state index in [1.54, 1.807) is 0 Å². The lowest BCUT2D eigenvalue weighted by Crippen LogP contribution is -2.58. The van der Waals surface area contributed by atoms with E-state index in [4.69, 9.17) is 18.9 Å². The zero-order valence-electron chi connectivity index (χ0n) is 37.1. The Balaban J connectivity index is 1.08. The van der Waals surface area contributed by atoms with Crippen molar-refractivity contribution in [3.63, 3.8) is 0 Å². The number of aliphatic hydroxyl groups is 1. The molecule has 1 spiro atoms. The van der Waals surface area contributed by atoms with Crippen molar-refractivity contribution in [3.8, 4) is 29.1 Å². The van der Waals surface area contributed by atoms with Crippen molar-refractivity contribution in [3.05, 3.63) is 166 Å². The molecule has 6 atom stereocenters. The number of anilines is 1. The van der Waals surface area contributed by atoms with Crippen molar-refractivity contribution in [1.29, 1.82) is 0 Å². The number of amides is 2. The number of allylic oxidation sites excluding steroid dienone is 2. The van der Waals surface area contributed by atoms with Crippen LogP contribution in [0.5, 0.6) is 17.2 Å². The van der Waals surface area contributed by atoms with Gasteiger partial charge in [0.1, 0.15) is 29.9 Å². The van der Waals surface area contributed by atoms with Crippen LogP contribution in [0.1, 0.15) is 77.3 Å². The van der Waals surface area contributed by atoms with Crippen LogP contribution in [0.2, 0.25) is 0 Å². The van der Waals surface area contributed by atoms with E-state index in [2.05, 4.69) is 33.0 Å². The molecule has 2 amide bonds. The first-order chi connectivity index (χ1) is 32.9. The van der Waals surface area contributed by atoms with E-state index in [1.807, 2.05) is 126 Å². The molecular formula is C55H52N4O8. The molecule has 6 aliphatic rings. The van der Waals surface area contributed by atoms with Gasteiger partial charge in [0, 0.05) is 44.0 Å². The summed E-state index contributed by atoms with van der Waals surface area (Å²) in [5, 5.41) is 13.0. The molecule has 5 aromatic carbocycles. The molecule has 5 aromatic rings. The number of cyclic esters (lactones) is 1. The second-order valence-corrected chi connectivity index (χ2v) is 18.1. The summed E-state index contributed by atoms with van der Waals surface area (Å²) in [6.07, 6.45) is 5.56. The number of benzene rings is 5. The van der Waals surface area contributed by atoms with Crippen LogP contribution >= 0.6 is 0 Å². The van der Waals surface area contributed by atoms with Crippen molar-refractivity contribution in [1.82, 2.24) is 14.7 Å². The Morgan fingerprint density at radius 2 is 1.57 bits per heavy atom. The Bertz CT molecular complexity index is 2800. The van der Waals surface area contributed by atoms with Gasteiger partial charge in [0.05, 0.1) is 24.6 Å². The van der Waals surface area contributed by atoms with Gasteiger partial charge in [-0.1, -0.05) is 96.8 Å². The molecule has 3 saturated heterocycles. The monoisotopic (exact) mass is 896 g/mol. The van der Waals surface area contributed by atoms with Gasteiger partial charge in [-0.05, 0) is 102 Å². The minimum atomic E-state index is -1.66. The highest BCUT2D eigenvalue weighted by molar-refractivity contribution is 6.12. The number of hydrogen-bond acceptors (Lipinski definition) is 10. The average Bonchev–Trinajstić information content (AvgIpc) is 4.06. The van der Waals surface area contributed by atoms with Crippen molar-refractivity contribution in [2.75, 3.05) is 51.5 Å². The van der Waals surface area contributed by atoms with Gasteiger partial charge in [-0.25, -0.2) is 0 Å². The van der Waals surface area contributed by atoms with Crippen LogP contribution in [-0.4, -0.2) is 89.8 Å². The minimum absolute atomic E-state index is 0.0597. The standard InChI is InChI=1S/C55H52N4O8/c60-29-30-64-42-18-10-17-41(33-42)51-55(43-31-37(21-23-44(43)56-54(55)63)20-19-36-11-4-1-5-12-36)47(52(61)58-27-25-57(26-28-58)34-38-22-24-45-46(32-38)66-35-65-45)49-53(62)67-50(40-15-8-3-9-16-40)48(59(49)51)39-13-6-2-7-14-39/h2-3,6-11,13-18,21-24,31-33,47-51,60H,1,4-5,12,25-30,34-35H2,(H,56,63)/t47-,48-,49-,50+,51+,55-/m0/s1. The second kappa shape index (κ2) is 18.1. The molecule has 340 valence electrons. The molecular weight excluding hydrogens is 845 g/mol. The fourth-order valence-electron chi connectivity index (χ4n) is 11.3. The maximum Gasteiger partial charge on any atom is 0.324 e. The molecule has 0 saturated carbocycles. The minimum Gasteiger partial charge on any atom is -0.491 e. The number of aliphatic hydroxyl groups excluding tert-OH is 1. The lowest BCUT2D eigenvalue weighted by molar-refractivity contribution is -0.179. The second-order valence-electron chi connectivity index (χ2n) is 18.1. The molecule has 67 heavy (non-hydrogen) atoms. The summed E-state index contributed by atoms with van der Waals surface area (Å²) in [7, 11) is 0. The Kier molecular flexibility index (Phi) is 11.5. The van der Waals surface area contributed by atoms with E-state index in [1.165, 1.54) is 0 Å². The van der Waals surface area contributed by atoms with Crippen molar-refractivity contribution < 1.29 is 38.4 Å². The number of esters is 1. The Morgan fingerprint density at radius 1 is 0.791 bits per heavy atom. The molecule has 2 N–H and O–H groups in total. The Labute approximate surface area is 390 Å². The number of carbonyl (C=O) groups is 3. The van der Waals surface area contributed by atoms with Crippen LogP contribution in [0, 0.1) is 17.8 Å². The molecule has 5 heterocycles. The summed E-state index contributed by atoms with van der Waals surface area (Å²) in [4.78, 5) is 53.5. The zero-order chi connectivity index (χ0) is 45.5. The first-order valence-electron chi connectivity index (χ1n) is 23.4. The Hall–Kier alpha value is -6.91. The van der Waals surface area contributed by atoms with Crippen molar-refractivity contribution in [2.45, 2.75) is 61.9 Å². The van der Waals surface area contributed by atoms with E-state index in [-0.39, 0.29) is 31.8 Å². The van der Waals surface area contributed by atoms with Gasteiger partial charge in [0.2, 0.25) is 18.6 Å². The highest BCUT2D eigenvalue weighted by Gasteiger charge is 2.74. The fourth-order valence-corrected chi connectivity index (χ4v) is 11.3. The maximum atomic E-state index is 16.1. The van der Waals surface area contributed by atoms with Crippen molar-refractivity contribution >= 4 is 23.5 Å². The largest absolute Gasteiger partial charge is 0.491 e. The third-order valence-corrected chi connectivity index (χ3v) is 14.3. The Morgan fingerprint density at radius 3 is 2.34 bits per heavy atom. The maximum absolute atomic E-state index is 16.1. The lowest BCUT2D eigenvalue weighted by Gasteiger charge is -2.46. The summed E-state index contributed by atoms with van der Waals surface area (Å²) < 4.78 is 23.9. The van der Waals surface area contributed by atoms with Gasteiger partial charge in [-0.2, -0.15) is 0 Å². The topological polar surface area (TPSA) is 130 Å². The molecule has 12 heteroatoms. The number of carbonyl (C=O) groups excluding carboxylic acids is 3. The lowest BCUT2D eigenvalue weighted by atomic mass is 9.65. The molecule has 5 aliphatic heterocycles.